The smallest absolute Gasteiger partial charge is 0.307 e. The van der Waals surface area contributed by atoms with Crippen molar-refractivity contribution >= 4 is 45.1 Å². The van der Waals surface area contributed by atoms with Crippen molar-refractivity contribution in [1.82, 2.24) is 19.7 Å². The summed E-state index contributed by atoms with van der Waals surface area (Å²) in [5.74, 6) is -0.295. The maximum Gasteiger partial charge on any atom is 0.307 e. The molecule has 4 aromatic rings. The maximum absolute atomic E-state index is 10.7. The summed E-state index contributed by atoms with van der Waals surface area (Å²) in [5, 5.41) is 16.9. The lowest BCUT2D eigenvalue weighted by atomic mass is 10.1. The number of fused-ring (bicyclic) bond motifs is 1. The van der Waals surface area contributed by atoms with Crippen molar-refractivity contribution in [3.63, 3.8) is 0 Å². The van der Waals surface area contributed by atoms with Crippen LogP contribution in [0.3, 0.4) is 0 Å². The number of thiazole rings is 1. The highest BCUT2D eigenvalue weighted by Gasteiger charge is 2.13. The van der Waals surface area contributed by atoms with Crippen molar-refractivity contribution in [2.45, 2.75) is 6.42 Å². The number of nitrogens with two attached hydrogens (primary N) is 1. The average molecular weight is 366 g/mol. The molecular weight excluding hydrogens is 352 g/mol. The highest BCUT2D eigenvalue weighted by atomic mass is 32.1. The van der Waals surface area contributed by atoms with Crippen LogP contribution in [0.1, 0.15) is 5.56 Å². The van der Waals surface area contributed by atoms with Crippen LogP contribution in [-0.2, 0) is 11.2 Å². The third kappa shape index (κ3) is 3.20. The van der Waals surface area contributed by atoms with Gasteiger partial charge in [-0.3, -0.25) is 4.79 Å². The molecule has 2 heterocycles. The number of aliphatic carboxylic acids is 1. The molecule has 0 bridgehead atoms. The molecule has 9 heteroatoms. The van der Waals surface area contributed by atoms with E-state index in [2.05, 4.69) is 20.4 Å². The first-order valence-corrected chi connectivity index (χ1v) is 8.56. The van der Waals surface area contributed by atoms with E-state index in [-0.39, 0.29) is 12.4 Å². The first-order valence-electron chi connectivity index (χ1n) is 7.75. The largest absolute Gasteiger partial charge is 0.481 e. The van der Waals surface area contributed by atoms with E-state index in [1.54, 1.807) is 24.3 Å². The standard InChI is InChI=1S/C17H14N6O2S/c18-15-21-16(19-11-7-5-10(6-8-11)9-14(24)25)22-23(15)17-20-12-3-1-2-4-13(12)26-17/h1-8H,9H2,(H,24,25)(H3,18,19,21,22). The summed E-state index contributed by atoms with van der Waals surface area (Å²) >= 11 is 1.48. The Bertz CT molecular complexity index is 1050. The van der Waals surface area contributed by atoms with E-state index in [0.29, 0.717) is 11.1 Å². The maximum atomic E-state index is 10.7. The van der Waals surface area contributed by atoms with Crippen LogP contribution in [0.5, 0.6) is 0 Å². The monoisotopic (exact) mass is 366 g/mol. The molecule has 0 unspecified atom stereocenters. The van der Waals surface area contributed by atoms with E-state index >= 15 is 0 Å². The number of hydrogen-bond acceptors (Lipinski definition) is 7. The quantitative estimate of drug-likeness (QED) is 0.497. The lowest BCUT2D eigenvalue weighted by molar-refractivity contribution is -0.136. The number of benzene rings is 2. The minimum atomic E-state index is -0.866. The van der Waals surface area contributed by atoms with Gasteiger partial charge in [-0.25, -0.2) is 4.98 Å². The summed E-state index contributed by atoms with van der Waals surface area (Å²) in [7, 11) is 0. The van der Waals surface area contributed by atoms with Crippen LogP contribution in [-0.4, -0.2) is 30.8 Å². The van der Waals surface area contributed by atoms with Crippen LogP contribution in [0, 0.1) is 0 Å². The van der Waals surface area contributed by atoms with Gasteiger partial charge in [0.25, 0.3) is 0 Å². The SMILES string of the molecule is Nc1nc(Nc2ccc(CC(=O)O)cc2)nn1-c1nc2ccccc2s1. The fourth-order valence-electron chi connectivity index (χ4n) is 2.48. The van der Waals surface area contributed by atoms with Crippen molar-refractivity contribution in [2.75, 3.05) is 11.1 Å². The third-order valence-electron chi connectivity index (χ3n) is 3.66. The molecule has 0 spiro atoms. The normalized spacial score (nSPS) is 10.9. The number of carbonyl (C=O) groups is 1. The first-order chi connectivity index (χ1) is 12.6. The lowest BCUT2D eigenvalue weighted by Crippen LogP contribution is -2.01. The number of hydrogen-bond donors (Lipinski definition) is 3. The number of aromatic nitrogens is 4. The van der Waals surface area contributed by atoms with Crippen LogP contribution in [0.4, 0.5) is 17.6 Å². The molecular formula is C17H14N6O2S. The van der Waals surface area contributed by atoms with Crippen LogP contribution in [0.2, 0.25) is 0 Å². The van der Waals surface area contributed by atoms with Gasteiger partial charge in [0.05, 0.1) is 16.6 Å². The fraction of sp³-hybridized carbons (Fsp3) is 0.0588. The van der Waals surface area contributed by atoms with Crippen molar-refractivity contribution in [3.05, 3.63) is 54.1 Å². The minimum absolute atomic E-state index is 0.0162. The first kappa shape index (κ1) is 16.0. The summed E-state index contributed by atoms with van der Waals surface area (Å²) in [6, 6.07) is 14.8. The molecule has 26 heavy (non-hydrogen) atoms. The molecule has 0 saturated heterocycles. The average Bonchev–Trinajstić information content (AvgIpc) is 3.19. The van der Waals surface area contributed by atoms with E-state index in [4.69, 9.17) is 10.8 Å². The van der Waals surface area contributed by atoms with Crippen LogP contribution >= 0.6 is 11.3 Å². The Labute approximate surface area is 151 Å². The second-order valence-corrected chi connectivity index (χ2v) is 6.57. The molecule has 0 atom stereocenters. The van der Waals surface area contributed by atoms with Crippen LogP contribution in [0.15, 0.2) is 48.5 Å². The van der Waals surface area contributed by atoms with Crippen LogP contribution < -0.4 is 11.1 Å². The molecule has 2 aromatic heterocycles. The number of nitrogens with one attached hydrogen (secondary N) is 1. The van der Waals surface area contributed by atoms with Gasteiger partial charge >= 0.3 is 5.97 Å². The van der Waals surface area contributed by atoms with Crippen LogP contribution in [0.25, 0.3) is 15.3 Å². The molecule has 130 valence electrons. The van der Waals surface area contributed by atoms with E-state index in [0.717, 1.165) is 21.5 Å². The Morgan fingerprint density at radius 2 is 1.92 bits per heavy atom. The molecule has 0 fully saturated rings. The molecule has 8 nitrogen and oxygen atoms in total. The molecule has 0 aliphatic heterocycles. The summed E-state index contributed by atoms with van der Waals surface area (Å²) in [4.78, 5) is 19.5. The lowest BCUT2D eigenvalue weighted by Gasteiger charge is -2.02. The zero-order valence-electron chi connectivity index (χ0n) is 13.5. The third-order valence-corrected chi connectivity index (χ3v) is 4.67. The molecule has 0 radical (unpaired) electrons. The highest BCUT2D eigenvalue weighted by molar-refractivity contribution is 7.20. The van der Waals surface area contributed by atoms with Gasteiger partial charge in [-0.15, -0.1) is 5.10 Å². The molecule has 4 rings (SSSR count). The predicted octanol–water partition coefficient (Wildman–Crippen LogP) is 2.83. The fourth-order valence-corrected chi connectivity index (χ4v) is 3.40. The van der Waals surface area contributed by atoms with Gasteiger partial charge < -0.3 is 16.2 Å². The van der Waals surface area contributed by atoms with Crippen molar-refractivity contribution in [1.29, 1.82) is 0 Å². The number of nitrogen functional groups attached to an aromatic ring is 1. The van der Waals surface area contributed by atoms with Gasteiger partial charge in [0, 0.05) is 5.69 Å². The van der Waals surface area contributed by atoms with Crippen molar-refractivity contribution in [3.8, 4) is 5.13 Å². The zero-order valence-corrected chi connectivity index (χ0v) is 14.3. The van der Waals surface area contributed by atoms with Gasteiger partial charge in [0.1, 0.15) is 0 Å². The Hall–Kier alpha value is -3.46. The zero-order chi connectivity index (χ0) is 18.1. The van der Waals surface area contributed by atoms with Crippen molar-refractivity contribution < 1.29 is 9.90 Å². The summed E-state index contributed by atoms with van der Waals surface area (Å²) < 4.78 is 2.53. The number of rotatable bonds is 5. The topological polar surface area (TPSA) is 119 Å². The molecule has 0 amide bonds. The Morgan fingerprint density at radius 3 is 2.65 bits per heavy atom. The predicted molar refractivity (Wildman–Crippen MR) is 100 cm³/mol. The molecule has 0 saturated carbocycles. The molecule has 2 aromatic carbocycles. The summed E-state index contributed by atoms with van der Waals surface area (Å²) in [6.45, 7) is 0. The minimum Gasteiger partial charge on any atom is -0.481 e. The molecule has 0 aliphatic carbocycles. The van der Waals surface area contributed by atoms with E-state index in [1.807, 2.05) is 24.3 Å². The van der Waals surface area contributed by atoms with Gasteiger partial charge in [0.15, 0.2) is 0 Å². The summed E-state index contributed by atoms with van der Waals surface area (Å²) in [6.07, 6.45) is -0.0162. The molecule has 4 N–H and O–H groups in total. The van der Waals surface area contributed by atoms with E-state index < -0.39 is 5.97 Å². The second-order valence-electron chi connectivity index (χ2n) is 5.56. The van der Waals surface area contributed by atoms with E-state index in [9.17, 15) is 4.79 Å². The number of carboxylic acids is 1. The second kappa shape index (κ2) is 6.45. The van der Waals surface area contributed by atoms with E-state index in [1.165, 1.54) is 16.0 Å². The molecule has 0 aliphatic rings. The highest BCUT2D eigenvalue weighted by Crippen LogP contribution is 2.26. The van der Waals surface area contributed by atoms with Gasteiger partial charge in [-0.05, 0) is 29.8 Å². The number of carboxylic acid groups (broad SMARTS) is 1. The summed E-state index contributed by atoms with van der Waals surface area (Å²) in [5.41, 5.74) is 8.31. The Balaban J connectivity index is 1.57. The van der Waals surface area contributed by atoms with Gasteiger partial charge in [-0.2, -0.15) is 9.67 Å². The van der Waals surface area contributed by atoms with Crippen molar-refractivity contribution in [2.24, 2.45) is 0 Å². The number of nitrogens with zero attached hydrogens (tertiary/aromatic N) is 4. The van der Waals surface area contributed by atoms with Gasteiger partial charge in [0.2, 0.25) is 17.0 Å². The number of para-hydroxylation sites is 1. The Kier molecular flexibility index (Phi) is 3.98. The Morgan fingerprint density at radius 1 is 1.15 bits per heavy atom. The number of anilines is 3. The van der Waals surface area contributed by atoms with Gasteiger partial charge in [-0.1, -0.05) is 35.6 Å².